The van der Waals surface area contributed by atoms with Crippen LogP contribution >= 0.6 is 0 Å². The van der Waals surface area contributed by atoms with Gasteiger partial charge in [0.25, 0.3) is 5.69 Å². The van der Waals surface area contributed by atoms with E-state index in [2.05, 4.69) is 50.3 Å². The lowest BCUT2D eigenvalue weighted by Crippen LogP contribution is -2.53. The number of rotatable bonds is 6. The predicted octanol–water partition coefficient (Wildman–Crippen LogP) is 4.41. The first-order chi connectivity index (χ1) is 13.1. The highest BCUT2D eigenvalue weighted by Gasteiger charge is 2.46. The molecule has 1 spiro atoms. The van der Waals surface area contributed by atoms with E-state index in [9.17, 15) is 10.1 Å². The number of nitro benzene ring substituents is 1. The molecule has 1 aromatic rings. The third-order valence-electron chi connectivity index (χ3n) is 6.74. The highest BCUT2D eigenvalue weighted by Crippen LogP contribution is 2.48. The number of likely N-dealkylation sites (tertiary alicyclic amines) is 1. The van der Waals surface area contributed by atoms with Gasteiger partial charge in [0.15, 0.2) is 0 Å². The molecule has 0 aromatic heterocycles. The fraction of sp³-hybridized carbons (Fsp3) is 0.727. The molecule has 0 amide bonds. The van der Waals surface area contributed by atoms with Crippen molar-refractivity contribution in [3.8, 4) is 0 Å². The van der Waals surface area contributed by atoms with Gasteiger partial charge in [-0.25, -0.2) is 0 Å². The van der Waals surface area contributed by atoms with E-state index >= 15 is 0 Å². The van der Waals surface area contributed by atoms with Gasteiger partial charge in [-0.3, -0.25) is 10.1 Å². The van der Waals surface area contributed by atoms with Crippen molar-refractivity contribution in [1.29, 1.82) is 0 Å². The lowest BCUT2D eigenvalue weighted by Gasteiger charge is -2.52. The minimum atomic E-state index is -0.262. The highest BCUT2D eigenvalue weighted by atomic mass is 16.6. The number of nitrogens with one attached hydrogen (secondary N) is 2. The van der Waals surface area contributed by atoms with Crippen LogP contribution in [0.15, 0.2) is 18.2 Å². The summed E-state index contributed by atoms with van der Waals surface area (Å²) < 4.78 is 0. The third kappa shape index (κ3) is 4.84. The Kier molecular flexibility index (Phi) is 6.01. The zero-order valence-electron chi connectivity index (χ0n) is 18.0. The van der Waals surface area contributed by atoms with E-state index in [-0.39, 0.29) is 16.0 Å². The van der Waals surface area contributed by atoms with Gasteiger partial charge in [-0.15, -0.1) is 0 Å². The van der Waals surface area contributed by atoms with E-state index < -0.39 is 0 Å². The molecule has 28 heavy (non-hydrogen) atoms. The largest absolute Gasteiger partial charge is 0.377 e. The van der Waals surface area contributed by atoms with Crippen LogP contribution in [-0.2, 0) is 6.54 Å². The Balaban J connectivity index is 1.62. The van der Waals surface area contributed by atoms with Gasteiger partial charge in [0.1, 0.15) is 5.69 Å². The second kappa shape index (κ2) is 7.99. The number of benzene rings is 1. The molecule has 1 heterocycles. The van der Waals surface area contributed by atoms with Crippen LogP contribution in [0.2, 0.25) is 0 Å². The Labute approximate surface area is 169 Å². The first kappa shape index (κ1) is 21.1. The zero-order chi connectivity index (χ0) is 20.5. The summed E-state index contributed by atoms with van der Waals surface area (Å²) in [5.74, 6) is 0. The molecule has 1 saturated carbocycles. The van der Waals surface area contributed by atoms with Crippen LogP contribution in [0.5, 0.6) is 0 Å². The van der Waals surface area contributed by atoms with Crippen LogP contribution in [0.4, 0.5) is 11.4 Å². The average Bonchev–Trinajstić information content (AvgIpc) is 2.58. The minimum absolute atomic E-state index is 0.154. The normalized spacial score (nSPS) is 26.7. The lowest BCUT2D eigenvalue weighted by molar-refractivity contribution is -0.384. The molecule has 0 unspecified atom stereocenters. The van der Waals surface area contributed by atoms with E-state index in [0.717, 1.165) is 24.9 Å². The summed E-state index contributed by atoms with van der Waals surface area (Å²) in [5.41, 5.74) is 2.37. The maximum atomic E-state index is 11.6. The van der Waals surface area contributed by atoms with E-state index in [1.165, 1.54) is 19.4 Å². The maximum absolute atomic E-state index is 11.6. The molecule has 1 atom stereocenters. The summed E-state index contributed by atoms with van der Waals surface area (Å²) in [4.78, 5) is 13.8. The molecule has 0 bridgehead atoms. The number of nitro groups is 1. The Morgan fingerprint density at radius 3 is 2.68 bits per heavy atom. The standard InChI is InChI=1S/C22H36N4O2/c1-16(21(2,3)4)23-14-17-7-8-19(20(11-17)26(27)28)24-18-12-22(13-18)9-6-10-25(5)15-22/h7-8,11,16,18,23-24H,6,9-10,12-15H2,1-5H3/t16-,18?,22?/m0/s1. The maximum Gasteiger partial charge on any atom is 0.292 e. The summed E-state index contributed by atoms with van der Waals surface area (Å²) >= 11 is 0. The van der Waals surface area contributed by atoms with Crippen molar-refractivity contribution < 1.29 is 4.92 Å². The molecule has 2 aliphatic rings. The smallest absolute Gasteiger partial charge is 0.292 e. The third-order valence-corrected chi connectivity index (χ3v) is 6.74. The molecule has 1 aliphatic heterocycles. The second-order valence-electron chi connectivity index (χ2n) is 10.2. The predicted molar refractivity (Wildman–Crippen MR) is 115 cm³/mol. The molecule has 0 radical (unpaired) electrons. The van der Waals surface area contributed by atoms with Gasteiger partial charge in [0, 0.05) is 31.2 Å². The van der Waals surface area contributed by atoms with E-state index in [1.807, 2.05) is 12.1 Å². The van der Waals surface area contributed by atoms with Crippen LogP contribution in [0.1, 0.15) is 58.9 Å². The van der Waals surface area contributed by atoms with Crippen LogP contribution in [0, 0.1) is 20.9 Å². The van der Waals surface area contributed by atoms with Crippen LogP contribution in [-0.4, -0.2) is 42.0 Å². The van der Waals surface area contributed by atoms with Crippen molar-refractivity contribution in [1.82, 2.24) is 10.2 Å². The van der Waals surface area contributed by atoms with Gasteiger partial charge in [0.2, 0.25) is 0 Å². The van der Waals surface area contributed by atoms with Gasteiger partial charge in [-0.1, -0.05) is 26.8 Å². The highest BCUT2D eigenvalue weighted by molar-refractivity contribution is 5.63. The van der Waals surface area contributed by atoms with E-state index in [4.69, 9.17) is 0 Å². The second-order valence-corrected chi connectivity index (χ2v) is 10.2. The molecule has 1 aliphatic carbocycles. The van der Waals surface area contributed by atoms with Crippen molar-refractivity contribution in [3.63, 3.8) is 0 Å². The topological polar surface area (TPSA) is 70.4 Å². The van der Waals surface area contributed by atoms with Gasteiger partial charge in [-0.2, -0.15) is 0 Å². The quantitative estimate of drug-likeness (QED) is 0.558. The molecule has 6 heteroatoms. The summed E-state index contributed by atoms with van der Waals surface area (Å²) in [5, 5.41) is 18.6. The van der Waals surface area contributed by atoms with Gasteiger partial charge in [-0.05, 0) is 68.7 Å². The molecule has 3 rings (SSSR count). The molecule has 2 fully saturated rings. The van der Waals surface area contributed by atoms with Crippen molar-refractivity contribution in [2.45, 2.75) is 72.0 Å². The first-order valence-electron chi connectivity index (χ1n) is 10.5. The summed E-state index contributed by atoms with van der Waals surface area (Å²) in [6.07, 6.45) is 4.77. The number of anilines is 1. The molecule has 156 valence electrons. The lowest BCUT2D eigenvalue weighted by atomic mass is 9.61. The van der Waals surface area contributed by atoms with Crippen LogP contribution < -0.4 is 10.6 Å². The number of piperidine rings is 1. The number of hydrogen-bond donors (Lipinski definition) is 2. The van der Waals surface area contributed by atoms with E-state index in [0.29, 0.717) is 29.7 Å². The Bertz CT molecular complexity index is 707. The van der Waals surface area contributed by atoms with Crippen molar-refractivity contribution >= 4 is 11.4 Å². The van der Waals surface area contributed by atoms with Crippen molar-refractivity contribution in [2.24, 2.45) is 10.8 Å². The first-order valence-corrected chi connectivity index (χ1v) is 10.5. The van der Waals surface area contributed by atoms with E-state index in [1.54, 1.807) is 6.07 Å². The van der Waals surface area contributed by atoms with Crippen LogP contribution in [0.25, 0.3) is 0 Å². The molecule has 1 aromatic carbocycles. The Morgan fingerprint density at radius 2 is 2.07 bits per heavy atom. The molecular formula is C22H36N4O2. The zero-order valence-corrected chi connectivity index (χ0v) is 18.0. The van der Waals surface area contributed by atoms with Crippen molar-refractivity contribution in [3.05, 3.63) is 33.9 Å². The van der Waals surface area contributed by atoms with Gasteiger partial charge < -0.3 is 15.5 Å². The fourth-order valence-electron chi connectivity index (χ4n) is 4.63. The molecule has 2 N–H and O–H groups in total. The Hall–Kier alpha value is -1.66. The molecule has 1 saturated heterocycles. The minimum Gasteiger partial charge on any atom is -0.377 e. The molecular weight excluding hydrogens is 352 g/mol. The fourth-order valence-corrected chi connectivity index (χ4v) is 4.63. The SMILES string of the molecule is C[C@H](NCc1ccc(NC2CC3(CCCN(C)C3)C2)c([N+](=O)[O-])c1)C(C)(C)C. The number of hydrogen-bond acceptors (Lipinski definition) is 5. The Morgan fingerprint density at radius 1 is 1.36 bits per heavy atom. The summed E-state index contributed by atoms with van der Waals surface area (Å²) in [6.45, 7) is 11.7. The van der Waals surface area contributed by atoms with Crippen molar-refractivity contribution in [2.75, 3.05) is 25.5 Å². The average molecular weight is 389 g/mol. The summed E-state index contributed by atoms with van der Waals surface area (Å²) in [6, 6.07) is 6.27. The van der Waals surface area contributed by atoms with Gasteiger partial charge >= 0.3 is 0 Å². The number of nitrogens with zero attached hydrogens (tertiary/aromatic N) is 2. The summed E-state index contributed by atoms with van der Waals surface area (Å²) in [7, 11) is 2.19. The van der Waals surface area contributed by atoms with Crippen LogP contribution in [0.3, 0.4) is 0 Å². The van der Waals surface area contributed by atoms with Gasteiger partial charge in [0.05, 0.1) is 4.92 Å². The molecule has 6 nitrogen and oxygen atoms in total. The monoisotopic (exact) mass is 388 g/mol.